The first kappa shape index (κ1) is 16.2. The van der Waals surface area contributed by atoms with Gasteiger partial charge in [0.05, 0.1) is 0 Å². The third-order valence-electron chi connectivity index (χ3n) is 2.91. The SMILES string of the molecule is CC[c-]1[cH-][cH-][cH-][c-]1CC.CC[c-]1cccc1.[Fe]. The monoisotopic (exact) mass is 270 g/mol. The van der Waals surface area contributed by atoms with Gasteiger partial charge in [-0.25, -0.2) is 25.0 Å². The van der Waals surface area contributed by atoms with Gasteiger partial charge in [0.2, 0.25) is 0 Å². The molecule has 100 valence electrons. The molecule has 2 aromatic rings. The Kier molecular flexibility index (Phi) is 8.84. The minimum Gasteiger partial charge on any atom is -0.747 e. The number of hydrogen-bond acceptors (Lipinski definition) is 0. The van der Waals surface area contributed by atoms with Gasteiger partial charge in [0.1, 0.15) is 0 Å². The van der Waals surface area contributed by atoms with Gasteiger partial charge < -0.3 is 29.3 Å². The fourth-order valence-electron chi connectivity index (χ4n) is 1.83. The molecule has 0 heterocycles. The van der Waals surface area contributed by atoms with Crippen molar-refractivity contribution in [3.05, 3.63) is 59.2 Å². The second-order valence-electron chi connectivity index (χ2n) is 3.93. The van der Waals surface area contributed by atoms with Crippen molar-refractivity contribution in [1.29, 1.82) is 0 Å². The van der Waals surface area contributed by atoms with E-state index in [9.17, 15) is 0 Å². The second-order valence-corrected chi connectivity index (χ2v) is 3.93. The molecule has 0 aliphatic rings. The van der Waals surface area contributed by atoms with Crippen LogP contribution in [0.1, 0.15) is 37.5 Å². The molecule has 0 amide bonds. The Morgan fingerprint density at radius 3 is 1.59 bits per heavy atom. The number of hydrogen-bond donors (Lipinski definition) is 0. The third-order valence-corrected chi connectivity index (χ3v) is 2.91. The van der Waals surface area contributed by atoms with Crippen LogP contribution in [0.25, 0.3) is 0 Å². The molecule has 0 bridgehead atoms. The van der Waals surface area contributed by atoms with Gasteiger partial charge in [-0.05, 0) is 0 Å². The van der Waals surface area contributed by atoms with Crippen LogP contribution in [0.15, 0.2) is 42.5 Å². The molecule has 0 aliphatic heterocycles. The number of aryl methyl sites for hydroxylation is 3. The molecular weight excluding hydrogens is 248 g/mol. The summed E-state index contributed by atoms with van der Waals surface area (Å²) in [5.41, 5.74) is 4.45. The molecule has 0 unspecified atom stereocenters. The predicted octanol–water partition coefficient (Wildman–Crippen LogP) is 4.50. The first-order valence-electron chi connectivity index (χ1n) is 6.25. The van der Waals surface area contributed by atoms with E-state index in [1.54, 1.807) is 0 Å². The Hall–Kier alpha value is -0.781. The van der Waals surface area contributed by atoms with Crippen LogP contribution in [0.2, 0.25) is 0 Å². The van der Waals surface area contributed by atoms with Gasteiger partial charge in [-0.2, -0.15) is 17.7 Å². The third kappa shape index (κ3) is 5.39. The van der Waals surface area contributed by atoms with Gasteiger partial charge >= 0.3 is 0 Å². The molecule has 0 nitrogen and oxygen atoms in total. The summed E-state index contributed by atoms with van der Waals surface area (Å²) in [6.07, 6.45) is 3.51. The van der Waals surface area contributed by atoms with Crippen molar-refractivity contribution in [1.82, 2.24) is 0 Å². The largest absolute Gasteiger partial charge is 0.747 e. The van der Waals surface area contributed by atoms with Crippen molar-refractivity contribution < 1.29 is 17.1 Å². The Morgan fingerprint density at radius 2 is 1.29 bits per heavy atom. The molecule has 0 spiro atoms. The predicted molar refractivity (Wildman–Crippen MR) is 72.2 cm³/mol. The van der Waals surface area contributed by atoms with Crippen LogP contribution in [-0.2, 0) is 36.3 Å². The maximum absolute atomic E-state index is 2.21. The summed E-state index contributed by atoms with van der Waals surface area (Å²) in [5.74, 6) is 0. The van der Waals surface area contributed by atoms with Crippen LogP contribution >= 0.6 is 0 Å². The van der Waals surface area contributed by atoms with E-state index < -0.39 is 0 Å². The maximum Gasteiger partial charge on any atom is 0 e. The average molecular weight is 270 g/mol. The zero-order valence-electron chi connectivity index (χ0n) is 11.0. The van der Waals surface area contributed by atoms with E-state index in [1.165, 1.54) is 29.5 Å². The van der Waals surface area contributed by atoms with E-state index >= 15 is 0 Å². The molecule has 17 heavy (non-hydrogen) atoms. The summed E-state index contributed by atoms with van der Waals surface area (Å²) in [6.45, 7) is 6.57. The first-order valence-corrected chi connectivity index (χ1v) is 6.25. The van der Waals surface area contributed by atoms with E-state index in [2.05, 4.69) is 63.2 Å². The zero-order valence-corrected chi connectivity index (χ0v) is 12.1. The normalized spacial score (nSPS) is 9.12. The van der Waals surface area contributed by atoms with Gasteiger partial charge in [0.15, 0.2) is 0 Å². The van der Waals surface area contributed by atoms with Gasteiger partial charge in [-0.3, -0.25) is 0 Å². The van der Waals surface area contributed by atoms with Crippen LogP contribution in [0.3, 0.4) is 0 Å². The average Bonchev–Trinajstić information content (AvgIpc) is 3.00. The van der Waals surface area contributed by atoms with Gasteiger partial charge in [0.25, 0.3) is 0 Å². The molecule has 0 aliphatic carbocycles. The summed E-state index contributed by atoms with van der Waals surface area (Å²) < 4.78 is 0. The minimum absolute atomic E-state index is 0. The summed E-state index contributed by atoms with van der Waals surface area (Å²) >= 11 is 0. The quantitative estimate of drug-likeness (QED) is 0.569. The van der Waals surface area contributed by atoms with Crippen LogP contribution in [-0.4, -0.2) is 0 Å². The minimum atomic E-state index is 0. The van der Waals surface area contributed by atoms with E-state index in [0.29, 0.717) is 0 Å². The fourth-order valence-corrected chi connectivity index (χ4v) is 1.83. The number of rotatable bonds is 3. The molecule has 2 rings (SSSR count). The van der Waals surface area contributed by atoms with Crippen LogP contribution in [0, 0.1) is 0 Å². The second kappa shape index (κ2) is 9.27. The van der Waals surface area contributed by atoms with E-state index in [-0.39, 0.29) is 17.1 Å². The standard InChI is InChI=1S/C9H13.C7H9.Fe/c1-3-8-6-5-7-9(8)4-2;1-2-7-5-3-4-6-7;/h5-7H,3-4H2,1-2H3;3-6H,2H2,1H3;/q-5;-1;. The Labute approximate surface area is 116 Å². The summed E-state index contributed by atoms with van der Waals surface area (Å²) in [5, 5.41) is 0. The molecule has 0 atom stereocenters. The van der Waals surface area contributed by atoms with Crippen molar-refractivity contribution in [3.63, 3.8) is 0 Å². The molecule has 1 heteroatoms. The summed E-state index contributed by atoms with van der Waals surface area (Å²) in [7, 11) is 0. The molecule has 0 fully saturated rings. The van der Waals surface area contributed by atoms with Crippen molar-refractivity contribution in [2.45, 2.75) is 40.0 Å². The van der Waals surface area contributed by atoms with Gasteiger partial charge in [-0.1, -0.05) is 27.2 Å². The van der Waals surface area contributed by atoms with E-state index in [1.807, 2.05) is 0 Å². The van der Waals surface area contributed by atoms with Crippen molar-refractivity contribution >= 4 is 0 Å². The molecule has 0 aromatic heterocycles. The van der Waals surface area contributed by atoms with Crippen LogP contribution in [0.5, 0.6) is 0 Å². The van der Waals surface area contributed by atoms with Crippen LogP contribution < -0.4 is 0 Å². The van der Waals surface area contributed by atoms with Gasteiger partial charge in [-0.15, -0.1) is 0 Å². The van der Waals surface area contributed by atoms with Crippen molar-refractivity contribution in [3.8, 4) is 0 Å². The Morgan fingerprint density at radius 1 is 0.824 bits per heavy atom. The zero-order chi connectivity index (χ0) is 11.8. The first-order chi connectivity index (χ1) is 7.81. The van der Waals surface area contributed by atoms with E-state index in [4.69, 9.17) is 0 Å². The topological polar surface area (TPSA) is 0 Å². The fraction of sp³-hybridized carbons (Fsp3) is 0.375. The molecule has 0 saturated carbocycles. The molecule has 0 N–H and O–H groups in total. The smallest absolute Gasteiger partial charge is 0 e. The summed E-state index contributed by atoms with van der Waals surface area (Å²) in [4.78, 5) is 0. The Bertz CT molecular complexity index is 349. The van der Waals surface area contributed by atoms with Crippen LogP contribution in [0.4, 0.5) is 0 Å². The molecular formula is C16H22Fe-6. The molecule has 2 aromatic carbocycles. The molecule has 0 radical (unpaired) electrons. The van der Waals surface area contributed by atoms with E-state index in [0.717, 1.165) is 6.42 Å². The maximum atomic E-state index is 2.21. The van der Waals surface area contributed by atoms with Crippen molar-refractivity contribution in [2.75, 3.05) is 0 Å². The Balaban J connectivity index is 0.000000292. The molecule has 0 saturated heterocycles. The van der Waals surface area contributed by atoms with Gasteiger partial charge in [0, 0.05) is 17.1 Å². The van der Waals surface area contributed by atoms with Crippen molar-refractivity contribution in [2.24, 2.45) is 0 Å². The summed E-state index contributed by atoms with van der Waals surface area (Å²) in [6, 6.07) is 15.0.